The van der Waals surface area contributed by atoms with Crippen molar-refractivity contribution in [3.8, 4) is 5.75 Å². The third-order valence-corrected chi connectivity index (χ3v) is 6.05. The van der Waals surface area contributed by atoms with Crippen LogP contribution in [0.25, 0.3) is 0 Å². The van der Waals surface area contributed by atoms with Gasteiger partial charge in [0.05, 0.1) is 32.8 Å². The molecule has 1 N–H and O–H groups in total. The number of nitrogens with one attached hydrogen (secondary N) is 1. The fourth-order valence-corrected chi connectivity index (χ4v) is 4.38. The van der Waals surface area contributed by atoms with Crippen LogP contribution < -0.4 is 9.64 Å². The summed E-state index contributed by atoms with van der Waals surface area (Å²) in [7, 11) is 0. The number of nitrogens with zero attached hydrogens (tertiary/aromatic N) is 1. The molecule has 0 radical (unpaired) electrons. The molecule has 0 atom stereocenters. The Labute approximate surface area is 191 Å². The minimum absolute atomic E-state index is 0.107. The lowest BCUT2D eigenvalue weighted by Crippen LogP contribution is -3.15. The highest BCUT2D eigenvalue weighted by atomic mass is 16.5. The molecule has 1 fully saturated rings. The summed E-state index contributed by atoms with van der Waals surface area (Å²) >= 11 is 0. The summed E-state index contributed by atoms with van der Waals surface area (Å²) in [5, 5.41) is 0. The van der Waals surface area contributed by atoms with Gasteiger partial charge in [0.1, 0.15) is 11.8 Å². The smallest absolute Gasteiger partial charge is 0.254 e. The Morgan fingerprint density at radius 2 is 1.38 bits per heavy atom. The number of ether oxygens (including phenoxy) is 1. The predicted molar refractivity (Wildman–Crippen MR) is 128 cm³/mol. The highest BCUT2D eigenvalue weighted by Crippen LogP contribution is 2.20. The van der Waals surface area contributed by atoms with Crippen LogP contribution in [0.4, 0.5) is 0 Å². The molecule has 0 aliphatic carbocycles. The first-order valence-electron chi connectivity index (χ1n) is 11.6. The Balaban J connectivity index is 1.42. The Morgan fingerprint density at radius 1 is 0.844 bits per heavy atom. The predicted octanol–water partition coefficient (Wildman–Crippen LogP) is 3.85. The summed E-state index contributed by atoms with van der Waals surface area (Å²) in [5.41, 5.74) is 3.38. The highest BCUT2D eigenvalue weighted by molar-refractivity contribution is 5.94. The van der Waals surface area contributed by atoms with Crippen molar-refractivity contribution in [2.75, 3.05) is 32.8 Å². The number of quaternary nitrogens is 1. The monoisotopic (exact) mass is 429 g/mol. The van der Waals surface area contributed by atoms with Crippen LogP contribution in [0.1, 0.15) is 41.4 Å². The molecular formula is C28H33N2O2+. The van der Waals surface area contributed by atoms with E-state index in [4.69, 9.17) is 4.74 Å². The van der Waals surface area contributed by atoms with Crippen LogP contribution in [0, 0.1) is 5.92 Å². The van der Waals surface area contributed by atoms with Gasteiger partial charge in [0.2, 0.25) is 0 Å². The summed E-state index contributed by atoms with van der Waals surface area (Å²) in [6.45, 7) is 8.30. The number of amides is 1. The number of piperazine rings is 1. The van der Waals surface area contributed by atoms with Crippen LogP contribution >= 0.6 is 0 Å². The Morgan fingerprint density at radius 3 is 1.88 bits per heavy atom. The van der Waals surface area contributed by atoms with Crippen molar-refractivity contribution in [3.63, 3.8) is 0 Å². The molecule has 4 heteroatoms. The van der Waals surface area contributed by atoms with Gasteiger partial charge in [0.15, 0.2) is 0 Å². The van der Waals surface area contributed by atoms with Gasteiger partial charge in [-0.25, -0.2) is 0 Å². The second-order valence-electron chi connectivity index (χ2n) is 8.93. The van der Waals surface area contributed by atoms with Crippen molar-refractivity contribution in [2.45, 2.75) is 19.9 Å². The lowest BCUT2D eigenvalue weighted by atomic mass is 9.96. The van der Waals surface area contributed by atoms with E-state index in [1.165, 1.54) is 16.0 Å². The molecule has 32 heavy (non-hydrogen) atoms. The summed E-state index contributed by atoms with van der Waals surface area (Å²) in [6, 6.07) is 29.3. The molecule has 0 unspecified atom stereocenters. The molecule has 1 amide bonds. The molecule has 0 saturated carbocycles. The third kappa shape index (κ3) is 5.38. The molecule has 0 spiro atoms. The average molecular weight is 430 g/mol. The quantitative estimate of drug-likeness (QED) is 0.619. The van der Waals surface area contributed by atoms with Gasteiger partial charge in [0.25, 0.3) is 5.91 Å². The van der Waals surface area contributed by atoms with Gasteiger partial charge in [-0.1, -0.05) is 74.5 Å². The largest absolute Gasteiger partial charge is 0.493 e. The van der Waals surface area contributed by atoms with Gasteiger partial charge in [-0.2, -0.15) is 0 Å². The average Bonchev–Trinajstić information content (AvgIpc) is 2.85. The van der Waals surface area contributed by atoms with Gasteiger partial charge in [-0.05, 0) is 30.2 Å². The number of hydrogen-bond acceptors (Lipinski definition) is 2. The maximum absolute atomic E-state index is 13.1. The first-order valence-corrected chi connectivity index (χ1v) is 11.6. The molecule has 0 aromatic heterocycles. The van der Waals surface area contributed by atoms with Crippen molar-refractivity contribution in [3.05, 3.63) is 102 Å². The van der Waals surface area contributed by atoms with Gasteiger partial charge >= 0.3 is 0 Å². The molecule has 4 rings (SSSR count). The van der Waals surface area contributed by atoms with Crippen LogP contribution in [-0.4, -0.2) is 43.6 Å². The minimum Gasteiger partial charge on any atom is -0.493 e. The van der Waals surface area contributed by atoms with E-state index in [9.17, 15) is 4.79 Å². The molecule has 3 aromatic carbocycles. The van der Waals surface area contributed by atoms with Crippen LogP contribution in [0.5, 0.6) is 5.75 Å². The summed E-state index contributed by atoms with van der Waals surface area (Å²) < 4.78 is 5.74. The molecule has 4 nitrogen and oxygen atoms in total. The van der Waals surface area contributed by atoms with Gasteiger partial charge in [0, 0.05) is 16.7 Å². The maximum Gasteiger partial charge on any atom is 0.254 e. The fourth-order valence-electron chi connectivity index (χ4n) is 4.38. The minimum atomic E-state index is 0.107. The zero-order valence-electron chi connectivity index (χ0n) is 19.0. The molecule has 3 aromatic rings. The number of carbonyl (C=O) groups excluding carboxylic acids is 1. The van der Waals surface area contributed by atoms with Crippen LogP contribution in [0.2, 0.25) is 0 Å². The zero-order chi connectivity index (χ0) is 22.3. The lowest BCUT2D eigenvalue weighted by molar-refractivity contribution is -0.929. The third-order valence-electron chi connectivity index (χ3n) is 6.05. The highest BCUT2D eigenvalue weighted by Gasteiger charge is 2.31. The van der Waals surface area contributed by atoms with E-state index in [1.807, 2.05) is 29.2 Å². The van der Waals surface area contributed by atoms with Crippen molar-refractivity contribution < 1.29 is 14.4 Å². The standard InChI is InChI=1S/C28H32N2O2/c1-22(2)21-32-26-15-13-25(14-16-26)28(31)30-19-17-29(18-20-30)27(23-9-5-3-6-10-23)24-11-7-4-8-12-24/h3-16,22,27H,17-21H2,1-2H3/p+1. The summed E-state index contributed by atoms with van der Waals surface area (Å²) in [6.07, 6.45) is 0. The number of rotatable bonds is 7. The fraction of sp³-hybridized carbons (Fsp3) is 0.321. The van der Waals surface area contributed by atoms with E-state index >= 15 is 0 Å². The van der Waals surface area contributed by atoms with Crippen LogP contribution in [0.15, 0.2) is 84.9 Å². The van der Waals surface area contributed by atoms with E-state index in [0.717, 1.165) is 37.5 Å². The van der Waals surface area contributed by atoms with E-state index in [0.29, 0.717) is 12.5 Å². The maximum atomic E-state index is 13.1. The molecule has 0 bridgehead atoms. The van der Waals surface area contributed by atoms with E-state index in [2.05, 4.69) is 74.5 Å². The molecule has 1 aliphatic rings. The molecule has 1 saturated heterocycles. The SMILES string of the molecule is CC(C)COc1ccc(C(=O)N2CC[NH+](C(c3ccccc3)c3ccccc3)CC2)cc1. The van der Waals surface area contributed by atoms with Crippen molar-refractivity contribution in [1.29, 1.82) is 0 Å². The number of benzene rings is 3. The number of carbonyl (C=O) groups is 1. The van der Waals surface area contributed by atoms with E-state index < -0.39 is 0 Å². The van der Waals surface area contributed by atoms with Gasteiger partial charge < -0.3 is 14.5 Å². The zero-order valence-corrected chi connectivity index (χ0v) is 19.0. The van der Waals surface area contributed by atoms with Crippen LogP contribution in [0.3, 0.4) is 0 Å². The first-order chi connectivity index (χ1) is 15.6. The first kappa shape index (κ1) is 22.1. The Bertz CT molecular complexity index is 939. The second kappa shape index (κ2) is 10.5. The molecule has 1 aliphatic heterocycles. The van der Waals surface area contributed by atoms with E-state index in [1.54, 1.807) is 0 Å². The van der Waals surface area contributed by atoms with Gasteiger partial charge in [-0.15, -0.1) is 0 Å². The Hall–Kier alpha value is -3.11. The molecule has 166 valence electrons. The van der Waals surface area contributed by atoms with Crippen molar-refractivity contribution in [1.82, 2.24) is 4.90 Å². The van der Waals surface area contributed by atoms with Crippen molar-refractivity contribution >= 4 is 5.91 Å². The molecule has 1 heterocycles. The molecular weight excluding hydrogens is 396 g/mol. The van der Waals surface area contributed by atoms with Crippen LogP contribution in [-0.2, 0) is 0 Å². The van der Waals surface area contributed by atoms with Crippen molar-refractivity contribution in [2.24, 2.45) is 5.92 Å². The topological polar surface area (TPSA) is 34.0 Å². The van der Waals surface area contributed by atoms with E-state index in [-0.39, 0.29) is 11.9 Å². The Kier molecular flexibility index (Phi) is 7.23. The van der Waals surface area contributed by atoms with Gasteiger partial charge in [-0.3, -0.25) is 4.79 Å². The second-order valence-corrected chi connectivity index (χ2v) is 8.93. The summed E-state index contributed by atoms with van der Waals surface area (Å²) in [5.74, 6) is 1.40. The normalized spacial score (nSPS) is 14.7. The number of hydrogen-bond donors (Lipinski definition) is 1. The summed E-state index contributed by atoms with van der Waals surface area (Å²) in [4.78, 5) is 16.6. The lowest BCUT2D eigenvalue weighted by Gasteiger charge is -2.37.